The molecular formula is C34H26N4Na2O8S2+2. The summed E-state index contributed by atoms with van der Waals surface area (Å²) in [6, 6.07) is 25.2. The Bertz CT molecular complexity index is 2400. The van der Waals surface area contributed by atoms with Crippen LogP contribution in [0.2, 0.25) is 0 Å². The summed E-state index contributed by atoms with van der Waals surface area (Å²) >= 11 is 0. The van der Waals surface area contributed by atoms with E-state index in [0.717, 1.165) is 22.9 Å². The Morgan fingerprint density at radius 1 is 0.500 bits per heavy atom. The van der Waals surface area contributed by atoms with Crippen LogP contribution in [0.3, 0.4) is 0 Å². The van der Waals surface area contributed by atoms with Gasteiger partial charge in [-0.25, -0.2) is 0 Å². The molecule has 0 saturated carbocycles. The molecule has 12 nitrogen and oxygen atoms in total. The Balaban J connectivity index is 0.00000281. The van der Waals surface area contributed by atoms with Gasteiger partial charge in [0, 0.05) is 21.9 Å². The van der Waals surface area contributed by atoms with Crippen LogP contribution < -0.4 is 59.1 Å². The topological polar surface area (TPSA) is 199 Å². The van der Waals surface area contributed by atoms with Crippen molar-refractivity contribution in [3.63, 3.8) is 0 Å². The third-order valence-electron chi connectivity index (χ3n) is 7.72. The SMILES string of the molecule is Cc1cc(-c2cc(C)c(N=Nc3c(O)ccc4ccccc34)cc2S(=O)(=O)O)c(S(=O)(=O)O)cc1N=Nc1c(O)ccc2ccccc12.[Na+].[Na+]. The van der Waals surface area contributed by atoms with Gasteiger partial charge in [-0.15, -0.1) is 10.2 Å². The normalized spacial score (nSPS) is 12.0. The number of benzene rings is 6. The van der Waals surface area contributed by atoms with Crippen LogP contribution in [0.25, 0.3) is 32.7 Å². The molecule has 0 spiro atoms. The van der Waals surface area contributed by atoms with Gasteiger partial charge in [-0.2, -0.15) is 27.1 Å². The van der Waals surface area contributed by atoms with E-state index in [9.17, 15) is 36.2 Å². The maximum Gasteiger partial charge on any atom is 1.00 e. The van der Waals surface area contributed by atoms with E-state index in [1.54, 1.807) is 50.2 Å². The monoisotopic (exact) mass is 728 g/mol. The molecule has 0 amide bonds. The zero-order valence-electron chi connectivity index (χ0n) is 27.3. The molecule has 16 heteroatoms. The van der Waals surface area contributed by atoms with Gasteiger partial charge in [-0.3, -0.25) is 9.11 Å². The van der Waals surface area contributed by atoms with E-state index in [1.807, 2.05) is 24.3 Å². The smallest absolute Gasteiger partial charge is 0.506 e. The molecular weight excluding hydrogens is 703 g/mol. The van der Waals surface area contributed by atoms with Crippen molar-refractivity contribution in [2.24, 2.45) is 20.5 Å². The molecule has 0 heterocycles. The molecule has 0 atom stereocenters. The second-order valence-corrected chi connectivity index (χ2v) is 13.7. The zero-order chi connectivity index (χ0) is 34.4. The number of phenolic OH excluding ortho intramolecular Hbond substituents is 2. The Morgan fingerprint density at radius 2 is 0.860 bits per heavy atom. The minimum atomic E-state index is -5.00. The van der Waals surface area contributed by atoms with Crippen molar-refractivity contribution in [1.82, 2.24) is 0 Å². The first-order valence-electron chi connectivity index (χ1n) is 14.2. The molecule has 0 aliphatic rings. The van der Waals surface area contributed by atoms with E-state index in [1.165, 1.54) is 24.3 Å². The second-order valence-electron chi connectivity index (χ2n) is 10.9. The number of rotatable bonds is 7. The van der Waals surface area contributed by atoms with E-state index >= 15 is 0 Å². The van der Waals surface area contributed by atoms with Gasteiger partial charge in [0.05, 0.1) is 11.4 Å². The molecule has 0 fully saturated rings. The summed E-state index contributed by atoms with van der Waals surface area (Å²) in [6.45, 7) is 3.13. The average molecular weight is 729 g/mol. The van der Waals surface area contributed by atoms with Crippen LogP contribution in [0.1, 0.15) is 11.1 Å². The van der Waals surface area contributed by atoms with Gasteiger partial charge in [-0.1, -0.05) is 60.7 Å². The van der Waals surface area contributed by atoms with Crippen molar-refractivity contribution in [3.05, 3.63) is 108 Å². The van der Waals surface area contributed by atoms with Crippen LogP contribution >= 0.6 is 0 Å². The van der Waals surface area contributed by atoms with Crippen LogP contribution in [0.4, 0.5) is 22.7 Å². The fourth-order valence-electron chi connectivity index (χ4n) is 5.32. The molecule has 0 bridgehead atoms. The molecule has 6 rings (SSSR count). The van der Waals surface area contributed by atoms with Crippen molar-refractivity contribution < 1.29 is 95.3 Å². The maximum absolute atomic E-state index is 12.7. The van der Waals surface area contributed by atoms with Crippen molar-refractivity contribution >= 4 is 64.5 Å². The summed E-state index contributed by atoms with van der Waals surface area (Å²) < 4.78 is 71.2. The van der Waals surface area contributed by atoms with E-state index in [2.05, 4.69) is 20.5 Å². The number of aryl methyl sites for hydroxylation is 2. The van der Waals surface area contributed by atoms with E-state index in [0.29, 0.717) is 21.9 Å². The summed E-state index contributed by atoms with van der Waals surface area (Å²) in [7, 11) is -10.0. The molecule has 0 aliphatic carbocycles. The third-order valence-corrected chi connectivity index (χ3v) is 9.50. The summed E-state index contributed by atoms with van der Waals surface area (Å²) in [5.74, 6) is -0.328. The number of fused-ring (bicyclic) bond motifs is 2. The number of azo groups is 2. The van der Waals surface area contributed by atoms with Crippen molar-refractivity contribution in [1.29, 1.82) is 0 Å². The van der Waals surface area contributed by atoms with Crippen molar-refractivity contribution in [2.75, 3.05) is 0 Å². The van der Waals surface area contributed by atoms with Crippen LogP contribution in [-0.4, -0.2) is 36.2 Å². The Labute approximate surface area is 331 Å². The molecule has 6 aromatic rings. The van der Waals surface area contributed by atoms with E-state index in [4.69, 9.17) is 0 Å². The molecule has 6 aromatic carbocycles. The molecule has 50 heavy (non-hydrogen) atoms. The molecule has 0 radical (unpaired) electrons. The number of nitrogens with zero attached hydrogens (tertiary/aromatic N) is 4. The van der Waals surface area contributed by atoms with Crippen LogP contribution in [-0.2, 0) is 20.2 Å². The van der Waals surface area contributed by atoms with Gasteiger partial charge in [0.25, 0.3) is 20.2 Å². The number of hydrogen-bond acceptors (Lipinski definition) is 10. The summed E-state index contributed by atoms with van der Waals surface area (Å²) in [6.07, 6.45) is 0. The quantitative estimate of drug-likeness (QED) is 0.109. The molecule has 0 saturated heterocycles. The fourth-order valence-corrected chi connectivity index (χ4v) is 6.74. The third kappa shape index (κ3) is 8.00. The number of hydrogen-bond donors (Lipinski definition) is 4. The van der Waals surface area contributed by atoms with E-state index in [-0.39, 0.29) is 104 Å². The minimum Gasteiger partial charge on any atom is -0.506 e. The Kier molecular flexibility index (Phi) is 12.1. The first kappa shape index (κ1) is 39.2. The fraction of sp³-hybridized carbons (Fsp3) is 0.0588. The van der Waals surface area contributed by atoms with Gasteiger partial charge < -0.3 is 10.2 Å². The molecule has 0 aromatic heterocycles. The van der Waals surface area contributed by atoms with E-state index < -0.39 is 30.0 Å². The summed E-state index contributed by atoms with van der Waals surface area (Å²) in [5.41, 5.74) is 0.450. The first-order chi connectivity index (χ1) is 22.7. The summed E-state index contributed by atoms with van der Waals surface area (Å²) in [5, 5.41) is 40.3. The molecule has 242 valence electrons. The predicted molar refractivity (Wildman–Crippen MR) is 181 cm³/mol. The standard InChI is InChI=1S/C34H26N4O8S2.2Na/c1-19-15-25(31(47(41,42)43)17-27(19)35-37-33-23-9-5-3-7-21(23)11-13-29(33)39)26-16-20(2)28(18-32(26)48(44,45)46)36-38-34-24-10-6-4-8-22(24)12-14-30(34)40;;/h3-18,39-40H,1-2H3,(H,41,42,43)(H,44,45,46);;/q;2*+1. The van der Waals surface area contributed by atoms with Crippen LogP contribution in [0.5, 0.6) is 11.5 Å². The van der Waals surface area contributed by atoms with Crippen LogP contribution in [0.15, 0.2) is 127 Å². The summed E-state index contributed by atoms with van der Waals surface area (Å²) in [4.78, 5) is -1.41. The Morgan fingerprint density at radius 3 is 1.22 bits per heavy atom. The number of phenols is 2. The average Bonchev–Trinajstić information content (AvgIpc) is 3.03. The van der Waals surface area contributed by atoms with Crippen LogP contribution in [0, 0.1) is 13.8 Å². The van der Waals surface area contributed by atoms with Crippen molar-refractivity contribution in [2.45, 2.75) is 23.6 Å². The maximum atomic E-state index is 12.7. The minimum absolute atomic E-state index is 0. The van der Waals surface area contributed by atoms with Gasteiger partial charge in [0.1, 0.15) is 32.7 Å². The second kappa shape index (κ2) is 15.4. The van der Waals surface area contributed by atoms with Gasteiger partial charge in [0.15, 0.2) is 0 Å². The van der Waals surface area contributed by atoms with Gasteiger partial charge in [0.2, 0.25) is 0 Å². The molecule has 0 aliphatic heterocycles. The Hall–Kier alpha value is -3.54. The molecule has 0 unspecified atom stereocenters. The van der Waals surface area contributed by atoms with Crippen molar-refractivity contribution in [3.8, 4) is 22.6 Å². The number of aromatic hydroxyl groups is 2. The first-order valence-corrected chi connectivity index (χ1v) is 17.1. The van der Waals surface area contributed by atoms with Gasteiger partial charge in [-0.05, 0) is 72.1 Å². The van der Waals surface area contributed by atoms with Gasteiger partial charge >= 0.3 is 59.1 Å². The molecule has 4 N–H and O–H groups in total. The zero-order valence-corrected chi connectivity index (χ0v) is 32.9. The largest absolute Gasteiger partial charge is 1.00 e. The predicted octanol–water partition coefficient (Wildman–Crippen LogP) is 3.02.